The summed E-state index contributed by atoms with van der Waals surface area (Å²) < 4.78 is 31.8. The molecule has 0 aliphatic carbocycles. The van der Waals surface area contributed by atoms with Crippen molar-refractivity contribution in [1.82, 2.24) is 5.32 Å². The van der Waals surface area contributed by atoms with E-state index in [-0.39, 0.29) is 30.9 Å². The van der Waals surface area contributed by atoms with Gasteiger partial charge in [-0.05, 0) is 24.1 Å². The number of benzene rings is 2. The predicted octanol–water partition coefficient (Wildman–Crippen LogP) is 2.76. The Morgan fingerprint density at radius 2 is 1.96 bits per heavy atom. The first-order valence-corrected chi connectivity index (χ1v) is 7.53. The van der Waals surface area contributed by atoms with Crippen molar-refractivity contribution in [3.8, 4) is 5.75 Å². The van der Waals surface area contributed by atoms with Crippen LogP contribution in [-0.2, 0) is 11.2 Å². The fraction of sp³-hybridized carbons (Fsp3) is 0.278. The molecule has 0 saturated carbocycles. The molecule has 0 aromatic heterocycles. The summed E-state index contributed by atoms with van der Waals surface area (Å²) in [5.41, 5.74) is 0.715. The van der Waals surface area contributed by atoms with Gasteiger partial charge in [0.05, 0.1) is 13.2 Å². The summed E-state index contributed by atoms with van der Waals surface area (Å²) in [7, 11) is 1.50. The Bertz CT molecular complexity index is 706. The molecule has 0 radical (unpaired) electrons. The van der Waals surface area contributed by atoms with E-state index in [1.807, 2.05) is 0 Å². The molecule has 0 fully saturated rings. The van der Waals surface area contributed by atoms with Crippen molar-refractivity contribution in [3.05, 3.63) is 65.2 Å². The van der Waals surface area contributed by atoms with Crippen LogP contribution in [0.1, 0.15) is 23.7 Å². The van der Waals surface area contributed by atoms with Crippen molar-refractivity contribution < 1.29 is 23.4 Å². The highest BCUT2D eigenvalue weighted by atomic mass is 19.2. The number of nitrogens with one attached hydrogen (secondary N) is 1. The minimum absolute atomic E-state index is 0.000974. The average Bonchev–Trinajstić information content (AvgIpc) is 2.60. The molecule has 1 amide bonds. The Hall–Kier alpha value is -2.47. The molecule has 0 saturated heterocycles. The normalized spacial score (nSPS) is 11.8. The van der Waals surface area contributed by atoms with Gasteiger partial charge in [-0.1, -0.05) is 30.3 Å². The number of aryl methyl sites for hydroxylation is 1. The summed E-state index contributed by atoms with van der Waals surface area (Å²) in [5, 5.41) is 12.7. The van der Waals surface area contributed by atoms with E-state index in [0.29, 0.717) is 11.3 Å². The maximum absolute atomic E-state index is 13.5. The number of amides is 1. The SMILES string of the molecule is COc1ccccc1[C@@H](O)CNC(=O)CCc1cccc(F)c1F. The molecule has 2 aromatic rings. The van der Waals surface area contributed by atoms with Crippen LogP contribution in [-0.4, -0.2) is 24.7 Å². The van der Waals surface area contributed by atoms with E-state index in [9.17, 15) is 18.7 Å². The zero-order chi connectivity index (χ0) is 17.5. The molecule has 2 aromatic carbocycles. The van der Waals surface area contributed by atoms with Gasteiger partial charge in [0.1, 0.15) is 5.75 Å². The molecule has 128 valence electrons. The van der Waals surface area contributed by atoms with Crippen LogP contribution >= 0.6 is 0 Å². The second-order valence-corrected chi connectivity index (χ2v) is 5.27. The molecule has 1 atom stereocenters. The van der Waals surface area contributed by atoms with Gasteiger partial charge in [0, 0.05) is 18.5 Å². The van der Waals surface area contributed by atoms with Crippen LogP contribution in [0.5, 0.6) is 5.75 Å². The summed E-state index contributed by atoms with van der Waals surface area (Å²) in [6.07, 6.45) is -0.838. The van der Waals surface area contributed by atoms with E-state index in [1.54, 1.807) is 24.3 Å². The lowest BCUT2D eigenvalue weighted by Crippen LogP contribution is -2.28. The van der Waals surface area contributed by atoms with Crippen LogP contribution in [0.4, 0.5) is 8.78 Å². The van der Waals surface area contributed by atoms with Gasteiger partial charge in [-0.15, -0.1) is 0 Å². The van der Waals surface area contributed by atoms with Crippen molar-refractivity contribution in [2.75, 3.05) is 13.7 Å². The number of aliphatic hydroxyl groups excluding tert-OH is 1. The zero-order valence-electron chi connectivity index (χ0n) is 13.3. The topological polar surface area (TPSA) is 58.6 Å². The third kappa shape index (κ3) is 4.52. The Kier molecular flexibility index (Phi) is 6.26. The number of halogens is 2. The van der Waals surface area contributed by atoms with E-state index in [2.05, 4.69) is 5.32 Å². The number of aliphatic hydroxyl groups is 1. The van der Waals surface area contributed by atoms with Crippen molar-refractivity contribution in [3.63, 3.8) is 0 Å². The van der Waals surface area contributed by atoms with Crippen LogP contribution in [0.3, 0.4) is 0 Å². The number of rotatable bonds is 7. The minimum atomic E-state index is -0.931. The highest BCUT2D eigenvalue weighted by Gasteiger charge is 2.14. The summed E-state index contributed by atoms with van der Waals surface area (Å²) >= 11 is 0. The molecule has 0 aliphatic heterocycles. The van der Waals surface area contributed by atoms with Crippen molar-refractivity contribution in [2.45, 2.75) is 18.9 Å². The number of hydrogen-bond donors (Lipinski definition) is 2. The number of carbonyl (C=O) groups is 1. The van der Waals surface area contributed by atoms with Gasteiger partial charge in [0.25, 0.3) is 0 Å². The third-order valence-corrected chi connectivity index (χ3v) is 3.64. The number of methoxy groups -OCH3 is 1. The second-order valence-electron chi connectivity index (χ2n) is 5.27. The lowest BCUT2D eigenvalue weighted by Gasteiger charge is -2.15. The number of ether oxygens (including phenoxy) is 1. The largest absolute Gasteiger partial charge is 0.496 e. The Balaban J connectivity index is 1.86. The third-order valence-electron chi connectivity index (χ3n) is 3.64. The lowest BCUT2D eigenvalue weighted by atomic mass is 10.1. The molecular formula is C18H19F2NO3. The average molecular weight is 335 g/mol. The van der Waals surface area contributed by atoms with Crippen molar-refractivity contribution in [2.24, 2.45) is 0 Å². The Morgan fingerprint density at radius 1 is 1.21 bits per heavy atom. The summed E-state index contributed by atoms with van der Waals surface area (Å²) in [5.74, 6) is -1.69. The molecule has 0 bridgehead atoms. The smallest absolute Gasteiger partial charge is 0.220 e. The number of carbonyl (C=O) groups excluding carboxylic acids is 1. The molecule has 4 nitrogen and oxygen atoms in total. The fourth-order valence-corrected chi connectivity index (χ4v) is 2.34. The van der Waals surface area contributed by atoms with Gasteiger partial charge in [0.15, 0.2) is 11.6 Å². The van der Waals surface area contributed by atoms with E-state index < -0.39 is 17.7 Å². The predicted molar refractivity (Wildman–Crippen MR) is 85.6 cm³/mol. The Labute approximate surface area is 139 Å². The number of hydrogen-bond acceptors (Lipinski definition) is 3. The maximum atomic E-state index is 13.5. The quantitative estimate of drug-likeness (QED) is 0.818. The van der Waals surface area contributed by atoms with Gasteiger partial charge >= 0.3 is 0 Å². The molecule has 2 rings (SSSR count). The van der Waals surface area contributed by atoms with Crippen LogP contribution in [0, 0.1) is 11.6 Å². The van der Waals surface area contributed by atoms with Crippen LogP contribution in [0.2, 0.25) is 0 Å². The first kappa shape index (κ1) is 17.9. The fourth-order valence-electron chi connectivity index (χ4n) is 2.34. The summed E-state index contributed by atoms with van der Waals surface area (Å²) in [4.78, 5) is 11.8. The van der Waals surface area contributed by atoms with Gasteiger partial charge in [-0.25, -0.2) is 8.78 Å². The van der Waals surface area contributed by atoms with Crippen LogP contribution in [0.25, 0.3) is 0 Å². The van der Waals surface area contributed by atoms with E-state index in [4.69, 9.17) is 4.74 Å². The maximum Gasteiger partial charge on any atom is 0.220 e. The van der Waals surface area contributed by atoms with Crippen LogP contribution in [0.15, 0.2) is 42.5 Å². The Morgan fingerprint density at radius 3 is 2.71 bits per heavy atom. The molecule has 0 spiro atoms. The standard InChI is InChI=1S/C18H19F2NO3/c1-24-16-8-3-2-6-13(16)15(22)11-21-17(23)10-9-12-5-4-7-14(19)18(12)20/h2-8,15,22H,9-11H2,1H3,(H,21,23)/t15-/m0/s1. The van der Waals surface area contributed by atoms with Gasteiger partial charge in [-0.3, -0.25) is 4.79 Å². The van der Waals surface area contributed by atoms with E-state index in [0.717, 1.165) is 6.07 Å². The zero-order valence-corrected chi connectivity index (χ0v) is 13.3. The van der Waals surface area contributed by atoms with Gasteiger partial charge in [-0.2, -0.15) is 0 Å². The summed E-state index contributed by atoms with van der Waals surface area (Å²) in [6, 6.07) is 10.8. The van der Waals surface area contributed by atoms with Crippen molar-refractivity contribution >= 4 is 5.91 Å². The molecule has 24 heavy (non-hydrogen) atoms. The highest BCUT2D eigenvalue weighted by molar-refractivity contribution is 5.76. The monoisotopic (exact) mass is 335 g/mol. The van der Waals surface area contributed by atoms with Crippen molar-refractivity contribution in [1.29, 1.82) is 0 Å². The lowest BCUT2D eigenvalue weighted by molar-refractivity contribution is -0.121. The van der Waals surface area contributed by atoms with Gasteiger partial charge < -0.3 is 15.2 Å². The summed E-state index contributed by atoms with van der Waals surface area (Å²) in [6.45, 7) is 0.00480. The minimum Gasteiger partial charge on any atom is -0.496 e. The molecule has 2 N–H and O–H groups in total. The molecule has 6 heteroatoms. The molecule has 0 aliphatic rings. The van der Waals surface area contributed by atoms with Gasteiger partial charge in [0.2, 0.25) is 5.91 Å². The van der Waals surface area contributed by atoms with E-state index in [1.165, 1.54) is 19.2 Å². The molecular weight excluding hydrogens is 316 g/mol. The second kappa shape index (κ2) is 8.40. The van der Waals surface area contributed by atoms with E-state index >= 15 is 0 Å². The molecule has 0 unspecified atom stereocenters. The first-order valence-electron chi connectivity index (χ1n) is 7.53. The van der Waals surface area contributed by atoms with Crippen LogP contribution < -0.4 is 10.1 Å². The molecule has 0 heterocycles. The first-order chi connectivity index (χ1) is 11.5. The highest BCUT2D eigenvalue weighted by Crippen LogP contribution is 2.24. The number of para-hydroxylation sites is 1.